The van der Waals surface area contributed by atoms with Crippen LogP contribution in [0, 0.1) is 29.1 Å². The highest BCUT2D eigenvalue weighted by Crippen LogP contribution is 2.41. The maximum atomic E-state index is 9.61. The highest BCUT2D eigenvalue weighted by molar-refractivity contribution is 5.16. The monoisotopic (exact) mass is 261 g/mol. The predicted molar refractivity (Wildman–Crippen MR) is 76.6 cm³/mol. The molecule has 3 nitrogen and oxygen atoms in total. The first kappa shape index (κ1) is 13.4. The van der Waals surface area contributed by atoms with E-state index in [0.717, 1.165) is 18.4 Å². The van der Waals surface area contributed by atoms with Gasteiger partial charge in [-0.05, 0) is 57.0 Å². The van der Waals surface area contributed by atoms with E-state index in [1.807, 2.05) is 7.05 Å². The SMILES string of the molecule is CNC(C#N)(CN1CCC2CCCCC2C1)C1CC1. The molecule has 1 N–H and O–H groups in total. The first-order valence-electron chi connectivity index (χ1n) is 8.10. The van der Waals surface area contributed by atoms with Gasteiger partial charge in [0, 0.05) is 13.1 Å². The molecule has 3 aliphatic rings. The highest BCUT2D eigenvalue weighted by Gasteiger charge is 2.46. The zero-order valence-electron chi connectivity index (χ0n) is 12.2. The van der Waals surface area contributed by atoms with E-state index in [2.05, 4.69) is 16.3 Å². The maximum Gasteiger partial charge on any atom is 0.122 e. The second-order valence-corrected chi connectivity index (χ2v) is 6.94. The van der Waals surface area contributed by atoms with Crippen molar-refractivity contribution in [3.63, 3.8) is 0 Å². The lowest BCUT2D eigenvalue weighted by Gasteiger charge is -2.43. The fourth-order valence-corrected chi connectivity index (χ4v) is 4.34. The number of nitrogens with one attached hydrogen (secondary N) is 1. The van der Waals surface area contributed by atoms with Gasteiger partial charge in [0.05, 0.1) is 6.07 Å². The molecule has 0 aromatic heterocycles. The highest BCUT2D eigenvalue weighted by atomic mass is 15.2. The molecule has 0 spiro atoms. The Morgan fingerprint density at radius 1 is 1.16 bits per heavy atom. The standard InChI is InChI=1S/C16H27N3/c1-18-16(11-17,15-6-7-15)12-19-9-8-13-4-2-3-5-14(13)10-19/h13-15,18H,2-10,12H2,1H3. The zero-order valence-corrected chi connectivity index (χ0v) is 12.2. The third kappa shape index (κ3) is 2.66. The van der Waals surface area contributed by atoms with Gasteiger partial charge in [-0.25, -0.2) is 0 Å². The Balaban J connectivity index is 1.62. The van der Waals surface area contributed by atoms with Crippen molar-refractivity contribution >= 4 is 0 Å². The van der Waals surface area contributed by atoms with Gasteiger partial charge < -0.3 is 10.2 Å². The van der Waals surface area contributed by atoms with E-state index in [9.17, 15) is 5.26 Å². The summed E-state index contributed by atoms with van der Waals surface area (Å²) in [5, 5.41) is 13.0. The molecule has 0 aromatic rings. The molecule has 0 bridgehead atoms. The largest absolute Gasteiger partial charge is 0.301 e. The molecule has 19 heavy (non-hydrogen) atoms. The molecular weight excluding hydrogens is 234 g/mol. The summed E-state index contributed by atoms with van der Waals surface area (Å²) in [6, 6.07) is 2.59. The number of hydrogen-bond donors (Lipinski definition) is 1. The number of piperidine rings is 1. The molecule has 2 saturated carbocycles. The quantitative estimate of drug-likeness (QED) is 0.844. The van der Waals surface area contributed by atoms with Crippen molar-refractivity contribution in [1.82, 2.24) is 10.2 Å². The molecule has 1 saturated heterocycles. The van der Waals surface area contributed by atoms with Crippen LogP contribution in [0.5, 0.6) is 0 Å². The number of fused-ring (bicyclic) bond motifs is 1. The number of nitriles is 1. The molecule has 3 unspecified atom stereocenters. The van der Waals surface area contributed by atoms with E-state index in [0.29, 0.717) is 5.92 Å². The van der Waals surface area contributed by atoms with Crippen LogP contribution in [-0.2, 0) is 0 Å². The lowest BCUT2D eigenvalue weighted by molar-refractivity contribution is 0.0699. The van der Waals surface area contributed by atoms with E-state index in [1.54, 1.807) is 0 Å². The van der Waals surface area contributed by atoms with Crippen LogP contribution in [0.2, 0.25) is 0 Å². The Kier molecular flexibility index (Phi) is 3.82. The van der Waals surface area contributed by atoms with Gasteiger partial charge in [-0.1, -0.05) is 19.3 Å². The minimum absolute atomic E-state index is 0.276. The Morgan fingerprint density at radius 2 is 1.89 bits per heavy atom. The lowest BCUT2D eigenvalue weighted by Crippen LogP contribution is -2.55. The van der Waals surface area contributed by atoms with Gasteiger partial charge in [-0.3, -0.25) is 0 Å². The molecule has 0 aromatic carbocycles. The Bertz CT molecular complexity index is 357. The van der Waals surface area contributed by atoms with Gasteiger partial charge in [0.15, 0.2) is 0 Å². The molecule has 3 atom stereocenters. The van der Waals surface area contributed by atoms with Crippen molar-refractivity contribution in [2.45, 2.75) is 50.5 Å². The molecule has 1 aliphatic heterocycles. The van der Waals surface area contributed by atoms with Crippen LogP contribution in [0.1, 0.15) is 44.9 Å². The summed E-state index contributed by atoms with van der Waals surface area (Å²) < 4.78 is 0. The normalized spacial score (nSPS) is 35.2. The lowest BCUT2D eigenvalue weighted by atomic mass is 9.75. The van der Waals surface area contributed by atoms with Crippen LogP contribution >= 0.6 is 0 Å². The van der Waals surface area contributed by atoms with E-state index in [1.165, 1.54) is 58.0 Å². The van der Waals surface area contributed by atoms with Crippen molar-refractivity contribution < 1.29 is 0 Å². The van der Waals surface area contributed by atoms with Gasteiger partial charge in [0.2, 0.25) is 0 Å². The van der Waals surface area contributed by atoms with Crippen molar-refractivity contribution in [3.8, 4) is 6.07 Å². The van der Waals surface area contributed by atoms with Crippen LogP contribution in [0.4, 0.5) is 0 Å². The Hall–Kier alpha value is -0.590. The third-order valence-corrected chi connectivity index (χ3v) is 5.77. The zero-order chi connectivity index (χ0) is 13.3. The minimum atomic E-state index is -0.276. The number of likely N-dealkylation sites (N-methyl/N-ethyl adjacent to an activating group) is 1. The molecule has 0 radical (unpaired) electrons. The molecular formula is C16H27N3. The average Bonchev–Trinajstić information content (AvgIpc) is 3.30. The summed E-state index contributed by atoms with van der Waals surface area (Å²) in [5.41, 5.74) is -0.276. The molecule has 3 rings (SSSR count). The molecule has 1 heterocycles. The molecule has 3 heteroatoms. The molecule has 2 aliphatic carbocycles. The smallest absolute Gasteiger partial charge is 0.122 e. The summed E-state index contributed by atoms with van der Waals surface area (Å²) >= 11 is 0. The van der Waals surface area contributed by atoms with Crippen LogP contribution in [-0.4, -0.2) is 37.1 Å². The summed E-state index contributed by atoms with van der Waals surface area (Å²) in [4.78, 5) is 2.57. The molecule has 0 amide bonds. The first-order valence-corrected chi connectivity index (χ1v) is 8.10. The van der Waals surface area contributed by atoms with Gasteiger partial charge in [-0.15, -0.1) is 0 Å². The van der Waals surface area contributed by atoms with Crippen molar-refractivity contribution in [3.05, 3.63) is 0 Å². The van der Waals surface area contributed by atoms with E-state index < -0.39 is 0 Å². The fraction of sp³-hybridized carbons (Fsp3) is 0.938. The Labute approximate surface area is 117 Å². The van der Waals surface area contributed by atoms with Gasteiger partial charge in [0.1, 0.15) is 5.54 Å². The first-order chi connectivity index (χ1) is 9.27. The third-order valence-electron chi connectivity index (χ3n) is 5.77. The number of rotatable bonds is 4. The van der Waals surface area contributed by atoms with Gasteiger partial charge >= 0.3 is 0 Å². The van der Waals surface area contributed by atoms with Crippen molar-refractivity contribution in [2.24, 2.45) is 17.8 Å². The van der Waals surface area contributed by atoms with Crippen molar-refractivity contribution in [1.29, 1.82) is 5.26 Å². The summed E-state index contributed by atoms with van der Waals surface area (Å²) in [7, 11) is 1.97. The predicted octanol–water partition coefficient (Wildman–Crippen LogP) is 2.39. The second kappa shape index (κ2) is 5.42. The summed E-state index contributed by atoms with van der Waals surface area (Å²) in [6.07, 6.45) is 9.57. The average molecular weight is 261 g/mol. The summed E-state index contributed by atoms with van der Waals surface area (Å²) in [5.74, 6) is 2.48. The van der Waals surface area contributed by atoms with Crippen LogP contribution < -0.4 is 5.32 Å². The minimum Gasteiger partial charge on any atom is -0.301 e. The van der Waals surface area contributed by atoms with Crippen molar-refractivity contribution in [2.75, 3.05) is 26.7 Å². The molecule has 106 valence electrons. The number of nitrogens with zero attached hydrogens (tertiary/aromatic N) is 2. The number of hydrogen-bond acceptors (Lipinski definition) is 3. The van der Waals surface area contributed by atoms with Gasteiger partial charge in [0.25, 0.3) is 0 Å². The molecule has 3 fully saturated rings. The van der Waals surface area contributed by atoms with E-state index in [4.69, 9.17) is 0 Å². The van der Waals surface area contributed by atoms with Crippen LogP contribution in [0.15, 0.2) is 0 Å². The van der Waals surface area contributed by atoms with E-state index >= 15 is 0 Å². The topological polar surface area (TPSA) is 39.1 Å². The fourth-order valence-electron chi connectivity index (χ4n) is 4.34. The second-order valence-electron chi connectivity index (χ2n) is 6.94. The van der Waals surface area contributed by atoms with Gasteiger partial charge in [-0.2, -0.15) is 5.26 Å². The maximum absolute atomic E-state index is 9.61. The Morgan fingerprint density at radius 3 is 2.53 bits per heavy atom. The van der Waals surface area contributed by atoms with E-state index in [-0.39, 0.29) is 5.54 Å². The number of likely N-dealkylation sites (tertiary alicyclic amines) is 1. The summed E-state index contributed by atoms with van der Waals surface area (Å²) in [6.45, 7) is 3.38. The van der Waals surface area contributed by atoms with Crippen LogP contribution in [0.3, 0.4) is 0 Å². The van der Waals surface area contributed by atoms with Crippen LogP contribution in [0.25, 0.3) is 0 Å².